The number of piperazine rings is 1. The van der Waals surface area contributed by atoms with Gasteiger partial charge in [-0.2, -0.15) is 0 Å². The quantitative estimate of drug-likeness (QED) is 0.502. The van der Waals surface area contributed by atoms with Crippen LogP contribution in [0.5, 0.6) is 11.5 Å². The summed E-state index contributed by atoms with van der Waals surface area (Å²) in [5, 5.41) is 10.4. The van der Waals surface area contributed by atoms with Crippen LogP contribution in [0.1, 0.15) is 22.8 Å². The molecule has 1 heterocycles. The van der Waals surface area contributed by atoms with Gasteiger partial charge >= 0.3 is 0 Å². The Hall–Kier alpha value is -2.41. The molecule has 0 spiro atoms. The summed E-state index contributed by atoms with van der Waals surface area (Å²) < 4.78 is 11.1. The van der Waals surface area contributed by atoms with E-state index in [9.17, 15) is 9.90 Å². The van der Waals surface area contributed by atoms with E-state index in [1.807, 2.05) is 0 Å². The van der Waals surface area contributed by atoms with E-state index in [1.54, 1.807) is 30.2 Å². The molecule has 2 aromatic rings. The molecule has 6 heteroatoms. The average molecular weight is 401 g/mol. The van der Waals surface area contributed by atoms with Crippen molar-refractivity contribution >= 4 is 5.78 Å². The fraction of sp³-hybridized carbons (Fsp3) is 0.435. The highest BCUT2D eigenvalue weighted by atomic mass is 16.5. The van der Waals surface area contributed by atoms with Gasteiger partial charge in [-0.25, -0.2) is 0 Å². The van der Waals surface area contributed by atoms with E-state index in [0.29, 0.717) is 23.6 Å². The Morgan fingerprint density at radius 3 is 2.38 bits per heavy atom. The van der Waals surface area contributed by atoms with Gasteiger partial charge in [0, 0.05) is 11.1 Å². The summed E-state index contributed by atoms with van der Waals surface area (Å²) >= 11 is 0. The van der Waals surface area contributed by atoms with Gasteiger partial charge in [-0.3, -0.25) is 4.79 Å². The summed E-state index contributed by atoms with van der Waals surface area (Å²) in [5.41, 5.74) is 1.96. The standard InChI is InChI=1S/C23H30N2O4/c1-18(26)20-8-9-22(23(14-20)28-2)29-17-21(27)16-25-12-10-24(11-13-25)15-19-6-4-3-5-7-19/h3-9,14,21,27H,10-13,15-17H2,1-2H3/p+2/t21-/m0/s1. The molecule has 0 radical (unpaired) electrons. The molecule has 1 saturated heterocycles. The Morgan fingerprint density at radius 1 is 1.03 bits per heavy atom. The Balaban J connectivity index is 1.42. The zero-order valence-corrected chi connectivity index (χ0v) is 17.3. The van der Waals surface area contributed by atoms with Crippen LogP contribution in [-0.2, 0) is 6.54 Å². The van der Waals surface area contributed by atoms with Gasteiger partial charge in [0.15, 0.2) is 17.3 Å². The number of aliphatic hydroxyl groups is 1. The lowest BCUT2D eigenvalue weighted by molar-refractivity contribution is -1.02. The lowest BCUT2D eigenvalue weighted by atomic mass is 10.1. The first-order valence-electron chi connectivity index (χ1n) is 10.3. The fourth-order valence-corrected chi connectivity index (χ4v) is 3.81. The highest BCUT2D eigenvalue weighted by Gasteiger charge is 2.25. The molecule has 1 aliphatic rings. The third kappa shape index (κ3) is 6.29. The van der Waals surface area contributed by atoms with Gasteiger partial charge in [0.05, 0.1) is 7.11 Å². The maximum Gasteiger partial charge on any atom is 0.161 e. The Bertz CT molecular complexity index is 789. The number of nitrogens with one attached hydrogen (secondary N) is 2. The first kappa shape index (κ1) is 21.3. The number of hydrogen-bond acceptors (Lipinski definition) is 4. The number of ketones is 1. The molecule has 3 rings (SSSR count). The maximum atomic E-state index is 11.5. The molecule has 1 fully saturated rings. The van der Waals surface area contributed by atoms with Gasteiger partial charge in [-0.15, -0.1) is 0 Å². The number of rotatable bonds is 9. The van der Waals surface area contributed by atoms with E-state index in [0.717, 1.165) is 32.7 Å². The second kappa shape index (κ2) is 10.4. The number of carbonyl (C=O) groups is 1. The smallest absolute Gasteiger partial charge is 0.161 e. The Kier molecular flexibility index (Phi) is 7.63. The molecule has 0 amide bonds. The zero-order chi connectivity index (χ0) is 20.6. The average Bonchev–Trinajstić information content (AvgIpc) is 2.74. The van der Waals surface area contributed by atoms with Crippen LogP contribution in [-0.4, -0.2) is 63.4 Å². The number of ether oxygens (including phenoxy) is 2. The largest absolute Gasteiger partial charge is 0.493 e. The molecule has 0 saturated carbocycles. The number of benzene rings is 2. The minimum atomic E-state index is -0.544. The molecule has 0 aliphatic carbocycles. The van der Waals surface area contributed by atoms with E-state index < -0.39 is 6.10 Å². The van der Waals surface area contributed by atoms with Gasteiger partial charge in [0.25, 0.3) is 0 Å². The Morgan fingerprint density at radius 2 is 1.72 bits per heavy atom. The number of Topliss-reactive ketones (excluding diaryl/α,β-unsaturated/α-hetero) is 1. The van der Waals surface area contributed by atoms with Crippen LogP contribution in [0.2, 0.25) is 0 Å². The van der Waals surface area contributed by atoms with Crippen LogP contribution in [0.4, 0.5) is 0 Å². The van der Waals surface area contributed by atoms with Crippen LogP contribution in [0.3, 0.4) is 0 Å². The monoisotopic (exact) mass is 400 g/mol. The zero-order valence-electron chi connectivity index (χ0n) is 17.3. The molecule has 2 aromatic carbocycles. The molecule has 0 aromatic heterocycles. The number of hydrogen-bond donors (Lipinski definition) is 3. The molecule has 0 unspecified atom stereocenters. The van der Waals surface area contributed by atoms with Crippen molar-refractivity contribution in [3.63, 3.8) is 0 Å². The van der Waals surface area contributed by atoms with Crippen molar-refractivity contribution in [2.75, 3.05) is 46.4 Å². The van der Waals surface area contributed by atoms with E-state index in [1.165, 1.54) is 17.4 Å². The van der Waals surface area contributed by atoms with Crippen molar-refractivity contribution < 1.29 is 29.2 Å². The molecule has 156 valence electrons. The van der Waals surface area contributed by atoms with Gasteiger partial charge < -0.3 is 24.4 Å². The van der Waals surface area contributed by atoms with Gasteiger partial charge in [0.2, 0.25) is 0 Å². The van der Waals surface area contributed by atoms with Crippen LogP contribution in [0.25, 0.3) is 0 Å². The molecule has 3 N–H and O–H groups in total. The SMILES string of the molecule is COc1cc(C(C)=O)ccc1OC[C@@H](O)C[NH+]1CC[NH+](Cc2ccccc2)CC1. The second-order valence-corrected chi connectivity index (χ2v) is 7.75. The van der Waals surface area contributed by atoms with E-state index in [-0.39, 0.29) is 12.4 Å². The summed E-state index contributed by atoms with van der Waals surface area (Å²) in [6.07, 6.45) is -0.544. The van der Waals surface area contributed by atoms with Crippen molar-refractivity contribution in [3.05, 3.63) is 59.7 Å². The topological polar surface area (TPSA) is 64.6 Å². The van der Waals surface area contributed by atoms with Gasteiger partial charge in [-0.1, -0.05) is 30.3 Å². The summed E-state index contributed by atoms with van der Waals surface area (Å²) in [6, 6.07) is 15.7. The van der Waals surface area contributed by atoms with E-state index >= 15 is 0 Å². The Labute approximate surface area is 172 Å². The molecular weight excluding hydrogens is 368 g/mol. The number of aliphatic hydroxyl groups excluding tert-OH is 1. The molecule has 29 heavy (non-hydrogen) atoms. The summed E-state index contributed by atoms with van der Waals surface area (Å²) in [5.74, 6) is 1.03. The van der Waals surface area contributed by atoms with Crippen LogP contribution >= 0.6 is 0 Å². The highest BCUT2D eigenvalue weighted by molar-refractivity contribution is 5.94. The van der Waals surface area contributed by atoms with Crippen molar-refractivity contribution in [1.82, 2.24) is 0 Å². The molecule has 0 bridgehead atoms. The van der Waals surface area contributed by atoms with Crippen molar-refractivity contribution in [2.45, 2.75) is 19.6 Å². The first-order chi connectivity index (χ1) is 14.0. The predicted octanol–water partition coefficient (Wildman–Crippen LogP) is -0.379. The maximum absolute atomic E-state index is 11.5. The number of quaternary nitrogens is 2. The summed E-state index contributed by atoms with van der Waals surface area (Å²) in [7, 11) is 1.55. The lowest BCUT2D eigenvalue weighted by Gasteiger charge is -2.30. The minimum absolute atomic E-state index is 0.0213. The van der Waals surface area contributed by atoms with Crippen LogP contribution in [0.15, 0.2) is 48.5 Å². The second-order valence-electron chi connectivity index (χ2n) is 7.75. The third-order valence-corrected chi connectivity index (χ3v) is 5.49. The lowest BCUT2D eigenvalue weighted by Crippen LogP contribution is -3.28. The van der Waals surface area contributed by atoms with Crippen LogP contribution in [0, 0.1) is 0 Å². The summed E-state index contributed by atoms with van der Waals surface area (Å²) in [6.45, 7) is 7.79. The minimum Gasteiger partial charge on any atom is -0.493 e. The molecule has 1 atom stereocenters. The predicted molar refractivity (Wildman–Crippen MR) is 111 cm³/mol. The van der Waals surface area contributed by atoms with Gasteiger partial charge in [-0.05, 0) is 25.1 Å². The van der Waals surface area contributed by atoms with Crippen LogP contribution < -0.4 is 19.3 Å². The van der Waals surface area contributed by atoms with Gasteiger partial charge in [0.1, 0.15) is 52.0 Å². The van der Waals surface area contributed by atoms with Crippen molar-refractivity contribution in [1.29, 1.82) is 0 Å². The molecule has 1 aliphatic heterocycles. The molecular formula is C23H32N2O4+2. The fourth-order valence-electron chi connectivity index (χ4n) is 3.81. The van der Waals surface area contributed by atoms with Crippen molar-refractivity contribution in [2.24, 2.45) is 0 Å². The first-order valence-corrected chi connectivity index (χ1v) is 10.3. The normalized spacial score (nSPS) is 20.1. The molecule has 6 nitrogen and oxygen atoms in total. The number of carbonyl (C=O) groups excluding carboxylic acids is 1. The summed E-state index contributed by atoms with van der Waals surface area (Å²) in [4.78, 5) is 14.5. The van der Waals surface area contributed by atoms with Crippen molar-refractivity contribution in [3.8, 4) is 11.5 Å². The third-order valence-electron chi connectivity index (χ3n) is 5.49. The van der Waals surface area contributed by atoms with E-state index in [2.05, 4.69) is 30.3 Å². The van der Waals surface area contributed by atoms with E-state index in [4.69, 9.17) is 9.47 Å². The number of methoxy groups -OCH3 is 1. The highest BCUT2D eigenvalue weighted by Crippen LogP contribution is 2.28.